The first-order valence-electron chi connectivity index (χ1n) is 6.83. The standard InChI is InChI=1S/C16H17N2OS2/c1-4-18-15(19)14(21-16(18)20-3)13-10-9-11-7-5-6-8-12(11)17(13)2/h5-10H,4H2,1-3H3/q+1/b14-13-. The first-order chi connectivity index (χ1) is 10.2. The van der Waals surface area contributed by atoms with Crippen molar-refractivity contribution in [2.24, 2.45) is 0 Å². The normalized spacial score (nSPS) is 21.3. The van der Waals surface area contributed by atoms with Crippen LogP contribution in [0.3, 0.4) is 0 Å². The molecule has 0 unspecified atom stereocenters. The van der Waals surface area contributed by atoms with Crippen LogP contribution in [-0.4, -0.2) is 34.7 Å². The van der Waals surface area contributed by atoms with Crippen molar-refractivity contribution in [3.05, 3.63) is 46.5 Å². The molecule has 1 aromatic carbocycles. The molecule has 0 radical (unpaired) electrons. The van der Waals surface area contributed by atoms with E-state index in [2.05, 4.69) is 23.1 Å². The molecular weight excluding hydrogens is 300 g/mol. The maximum atomic E-state index is 12.6. The molecule has 108 valence electrons. The number of benzene rings is 1. The molecule has 5 heteroatoms. The number of para-hydroxylation sites is 1. The number of carbonyl (C=O) groups is 1. The van der Waals surface area contributed by atoms with Crippen LogP contribution in [0.25, 0.3) is 6.08 Å². The number of amides is 1. The summed E-state index contributed by atoms with van der Waals surface area (Å²) < 4.78 is 2.91. The maximum Gasteiger partial charge on any atom is 0.429 e. The minimum atomic E-state index is 0.109. The van der Waals surface area contributed by atoms with Gasteiger partial charge in [-0.1, -0.05) is 36.0 Å². The number of nitrogens with zero attached hydrogens (tertiary/aromatic N) is 2. The summed E-state index contributed by atoms with van der Waals surface area (Å²) in [5, 5.41) is 0. The third-order valence-electron chi connectivity index (χ3n) is 3.65. The monoisotopic (exact) mass is 317 g/mol. The molecule has 0 bridgehead atoms. The van der Waals surface area contributed by atoms with E-state index in [9.17, 15) is 4.79 Å². The molecule has 2 aliphatic heterocycles. The van der Waals surface area contributed by atoms with Crippen LogP contribution < -0.4 is 4.90 Å². The summed E-state index contributed by atoms with van der Waals surface area (Å²) in [5.74, 6) is 0.109. The highest BCUT2D eigenvalue weighted by Crippen LogP contribution is 2.38. The zero-order valence-electron chi connectivity index (χ0n) is 12.3. The predicted molar refractivity (Wildman–Crippen MR) is 92.8 cm³/mol. The Bertz CT molecular complexity index is 704. The van der Waals surface area contributed by atoms with Crippen LogP contribution in [0.2, 0.25) is 0 Å². The molecule has 0 spiro atoms. The lowest BCUT2D eigenvalue weighted by Crippen LogP contribution is -2.24. The SMILES string of the molecule is CC[N+]1=C(SC)S/C(=C2/C=Cc3ccccc3N2C)C1=O. The molecule has 0 saturated heterocycles. The molecule has 0 aromatic heterocycles. The molecule has 2 heterocycles. The number of carbonyl (C=O) groups excluding carboxylic acids is 1. The van der Waals surface area contributed by atoms with E-state index in [4.69, 9.17) is 0 Å². The van der Waals surface area contributed by atoms with Crippen molar-refractivity contribution in [2.75, 3.05) is 24.7 Å². The number of allylic oxidation sites excluding steroid dienone is 1. The summed E-state index contributed by atoms with van der Waals surface area (Å²) in [7, 11) is 2.02. The van der Waals surface area contributed by atoms with Crippen LogP contribution in [0, 0.1) is 0 Å². The Kier molecular flexibility index (Phi) is 3.95. The summed E-state index contributed by atoms with van der Waals surface area (Å²) >= 11 is 3.21. The van der Waals surface area contributed by atoms with Gasteiger partial charge in [-0.25, -0.2) is 4.79 Å². The Labute approximate surface area is 133 Å². The van der Waals surface area contributed by atoms with Crippen LogP contribution in [0.15, 0.2) is 40.9 Å². The zero-order valence-corrected chi connectivity index (χ0v) is 13.9. The molecule has 1 aromatic rings. The van der Waals surface area contributed by atoms with Crippen molar-refractivity contribution < 1.29 is 9.37 Å². The van der Waals surface area contributed by atoms with E-state index in [1.807, 2.05) is 43.0 Å². The second-order valence-electron chi connectivity index (χ2n) is 4.79. The van der Waals surface area contributed by atoms with Crippen LogP contribution >= 0.6 is 23.5 Å². The lowest BCUT2D eigenvalue weighted by atomic mass is 10.1. The second kappa shape index (κ2) is 5.73. The van der Waals surface area contributed by atoms with E-state index >= 15 is 0 Å². The van der Waals surface area contributed by atoms with Gasteiger partial charge < -0.3 is 4.90 Å². The molecule has 0 aliphatic carbocycles. The topological polar surface area (TPSA) is 23.3 Å². The maximum absolute atomic E-state index is 12.6. The van der Waals surface area contributed by atoms with Crippen LogP contribution in [0.4, 0.5) is 5.69 Å². The van der Waals surface area contributed by atoms with Gasteiger partial charge in [-0.05, 0) is 30.9 Å². The fourth-order valence-corrected chi connectivity index (χ4v) is 4.57. The minimum Gasteiger partial charge on any atom is -0.343 e. The van der Waals surface area contributed by atoms with Crippen molar-refractivity contribution >= 4 is 45.6 Å². The van der Waals surface area contributed by atoms with Gasteiger partial charge in [-0.15, -0.1) is 4.58 Å². The van der Waals surface area contributed by atoms with E-state index in [-0.39, 0.29) is 5.91 Å². The van der Waals surface area contributed by atoms with Gasteiger partial charge in [0.1, 0.15) is 0 Å². The number of rotatable bonds is 1. The molecule has 3 rings (SSSR count). The molecule has 0 N–H and O–H groups in total. The van der Waals surface area contributed by atoms with Gasteiger partial charge in [0, 0.05) is 24.5 Å². The predicted octanol–water partition coefficient (Wildman–Crippen LogP) is 3.39. The van der Waals surface area contributed by atoms with Crippen molar-refractivity contribution in [3.8, 4) is 0 Å². The molecule has 0 saturated carbocycles. The fraction of sp³-hybridized carbons (Fsp3) is 0.250. The number of fused-ring (bicyclic) bond motifs is 1. The highest BCUT2D eigenvalue weighted by molar-refractivity contribution is 8.40. The number of hydrogen-bond acceptors (Lipinski definition) is 4. The van der Waals surface area contributed by atoms with Gasteiger partial charge in [0.15, 0.2) is 11.4 Å². The summed E-state index contributed by atoms with van der Waals surface area (Å²) in [6.07, 6.45) is 6.14. The Balaban J connectivity index is 2.05. The quantitative estimate of drug-likeness (QED) is 0.585. The fourth-order valence-electron chi connectivity index (χ4n) is 2.55. The van der Waals surface area contributed by atoms with E-state index in [1.165, 1.54) is 5.56 Å². The Morgan fingerprint density at radius 2 is 2.05 bits per heavy atom. The Morgan fingerprint density at radius 1 is 1.29 bits per heavy atom. The van der Waals surface area contributed by atoms with E-state index in [1.54, 1.807) is 23.5 Å². The lowest BCUT2D eigenvalue weighted by molar-refractivity contribution is -0.433. The van der Waals surface area contributed by atoms with Crippen LogP contribution in [-0.2, 0) is 4.79 Å². The summed E-state index contributed by atoms with van der Waals surface area (Å²) in [5.41, 5.74) is 3.30. The number of thioether (sulfide) groups is 2. The molecular formula is C16H17N2OS2+. The van der Waals surface area contributed by atoms with Gasteiger partial charge in [0.05, 0.1) is 5.70 Å². The Morgan fingerprint density at radius 3 is 2.71 bits per heavy atom. The molecule has 21 heavy (non-hydrogen) atoms. The molecule has 2 aliphatic rings. The molecule has 3 nitrogen and oxygen atoms in total. The van der Waals surface area contributed by atoms with Crippen molar-refractivity contribution in [3.63, 3.8) is 0 Å². The summed E-state index contributed by atoms with van der Waals surface area (Å²) in [4.78, 5) is 15.5. The number of anilines is 1. The molecule has 0 atom stereocenters. The van der Waals surface area contributed by atoms with Gasteiger partial charge in [-0.2, -0.15) is 0 Å². The van der Waals surface area contributed by atoms with Crippen LogP contribution in [0.1, 0.15) is 12.5 Å². The van der Waals surface area contributed by atoms with E-state index < -0.39 is 0 Å². The first kappa shape index (κ1) is 14.5. The molecule has 1 amide bonds. The van der Waals surface area contributed by atoms with Crippen molar-refractivity contribution in [1.82, 2.24) is 0 Å². The van der Waals surface area contributed by atoms with Gasteiger partial charge in [0.25, 0.3) is 4.38 Å². The highest BCUT2D eigenvalue weighted by Gasteiger charge is 2.39. The summed E-state index contributed by atoms with van der Waals surface area (Å²) in [6.45, 7) is 2.72. The first-order valence-corrected chi connectivity index (χ1v) is 8.87. The van der Waals surface area contributed by atoms with E-state index in [0.29, 0.717) is 6.54 Å². The minimum absolute atomic E-state index is 0.109. The smallest absolute Gasteiger partial charge is 0.343 e. The second-order valence-corrected chi connectivity index (χ2v) is 6.84. The van der Waals surface area contributed by atoms with E-state index in [0.717, 1.165) is 20.7 Å². The van der Waals surface area contributed by atoms with Crippen molar-refractivity contribution in [1.29, 1.82) is 0 Å². The summed E-state index contributed by atoms with van der Waals surface area (Å²) in [6, 6.07) is 8.23. The van der Waals surface area contributed by atoms with Gasteiger partial charge in [-0.3, -0.25) is 0 Å². The van der Waals surface area contributed by atoms with Gasteiger partial charge in [0.2, 0.25) is 0 Å². The zero-order chi connectivity index (χ0) is 15.0. The van der Waals surface area contributed by atoms with Gasteiger partial charge >= 0.3 is 5.91 Å². The number of hydrogen-bond donors (Lipinski definition) is 0. The van der Waals surface area contributed by atoms with Crippen molar-refractivity contribution in [2.45, 2.75) is 6.92 Å². The Hall–Kier alpha value is -1.46. The molecule has 0 fully saturated rings. The largest absolute Gasteiger partial charge is 0.429 e. The highest BCUT2D eigenvalue weighted by atomic mass is 32.2. The average molecular weight is 317 g/mol. The lowest BCUT2D eigenvalue weighted by Gasteiger charge is -2.26. The third-order valence-corrected chi connectivity index (χ3v) is 5.96. The third kappa shape index (κ3) is 2.34. The van der Waals surface area contributed by atoms with Crippen LogP contribution in [0.5, 0.6) is 0 Å². The average Bonchev–Trinajstić information content (AvgIpc) is 2.84. The number of likely N-dealkylation sites (N-methyl/N-ethyl adjacent to an activating group) is 2.